The molecule has 1 saturated carbocycles. The molecule has 32 heavy (non-hydrogen) atoms. The van der Waals surface area contributed by atoms with Crippen LogP contribution in [0.5, 0.6) is 0 Å². The minimum atomic E-state index is -0.352. The van der Waals surface area contributed by atoms with Gasteiger partial charge in [-0.15, -0.1) is 0 Å². The molecule has 2 heterocycles. The van der Waals surface area contributed by atoms with E-state index in [0.717, 1.165) is 70.0 Å². The lowest BCUT2D eigenvalue weighted by Gasteiger charge is -2.38. The van der Waals surface area contributed by atoms with Crippen molar-refractivity contribution in [3.05, 3.63) is 62.8 Å². The first kappa shape index (κ1) is 20.0. The van der Waals surface area contributed by atoms with E-state index in [1.807, 2.05) is 18.2 Å². The fourth-order valence-electron chi connectivity index (χ4n) is 5.52. The van der Waals surface area contributed by atoms with Crippen molar-refractivity contribution in [1.29, 1.82) is 5.26 Å². The minimum absolute atomic E-state index is 0.0519. The largest absolute Gasteiger partial charge is 0.368 e. The summed E-state index contributed by atoms with van der Waals surface area (Å²) in [5.41, 5.74) is 5.76. The molecule has 2 aromatic carbocycles. The summed E-state index contributed by atoms with van der Waals surface area (Å²) in [7, 11) is 0. The van der Waals surface area contributed by atoms with E-state index in [4.69, 9.17) is 0 Å². The first-order valence-electron chi connectivity index (χ1n) is 11.3. The average Bonchev–Trinajstić information content (AvgIpc) is 3.57. The Labute approximate surface area is 196 Å². The van der Waals surface area contributed by atoms with Gasteiger partial charge in [0.05, 0.1) is 22.9 Å². The second kappa shape index (κ2) is 6.94. The van der Waals surface area contributed by atoms with Crippen molar-refractivity contribution >= 4 is 38.3 Å². The Kier molecular flexibility index (Phi) is 4.34. The highest BCUT2D eigenvalue weighted by molar-refractivity contribution is 9.10. The van der Waals surface area contributed by atoms with E-state index in [0.29, 0.717) is 5.56 Å². The number of halogens is 1. The van der Waals surface area contributed by atoms with Crippen molar-refractivity contribution in [2.75, 3.05) is 31.1 Å². The Morgan fingerprint density at radius 3 is 2.56 bits per heavy atom. The Morgan fingerprint density at radius 2 is 1.88 bits per heavy atom. The fraction of sp³-hybridized carbons (Fsp3) is 0.385. The number of piperazine rings is 1. The highest BCUT2D eigenvalue weighted by Crippen LogP contribution is 2.46. The van der Waals surface area contributed by atoms with Crippen molar-refractivity contribution in [3.63, 3.8) is 0 Å². The van der Waals surface area contributed by atoms with Crippen LogP contribution in [0.1, 0.15) is 59.4 Å². The fourth-order valence-corrected chi connectivity index (χ4v) is 6.11. The van der Waals surface area contributed by atoms with Crippen LogP contribution in [-0.4, -0.2) is 47.9 Å². The molecule has 162 valence electrons. The van der Waals surface area contributed by atoms with Crippen LogP contribution in [0.25, 0.3) is 10.9 Å². The quantitative estimate of drug-likeness (QED) is 0.553. The van der Waals surface area contributed by atoms with Gasteiger partial charge in [-0.2, -0.15) is 5.26 Å². The van der Waals surface area contributed by atoms with Gasteiger partial charge in [0.1, 0.15) is 0 Å². The summed E-state index contributed by atoms with van der Waals surface area (Å²) in [6, 6.07) is 12.8. The van der Waals surface area contributed by atoms with Crippen LogP contribution in [0.3, 0.4) is 0 Å². The molecule has 1 saturated heterocycles. The SMILES string of the molecule is CC1(C)c2cc(N3CCN(C4CC4)CC3)c(Br)cc2C(=O)c2c1[nH]c1cc(C#N)ccc21. The molecule has 1 aliphatic heterocycles. The maximum Gasteiger partial charge on any atom is 0.195 e. The summed E-state index contributed by atoms with van der Waals surface area (Å²) in [6.45, 7) is 8.59. The number of nitriles is 1. The summed E-state index contributed by atoms with van der Waals surface area (Å²) in [5, 5.41) is 10.2. The molecule has 0 spiro atoms. The third kappa shape index (κ3) is 2.88. The van der Waals surface area contributed by atoms with Crippen LogP contribution < -0.4 is 4.90 Å². The van der Waals surface area contributed by atoms with E-state index in [2.05, 4.69) is 56.7 Å². The molecular formula is C26H25BrN4O. The maximum atomic E-state index is 13.7. The molecule has 3 aliphatic rings. The molecule has 2 fully saturated rings. The van der Waals surface area contributed by atoms with Gasteiger partial charge in [-0.05, 0) is 58.6 Å². The monoisotopic (exact) mass is 488 g/mol. The number of aromatic amines is 1. The van der Waals surface area contributed by atoms with Gasteiger partial charge in [0.2, 0.25) is 0 Å². The van der Waals surface area contributed by atoms with Gasteiger partial charge in [-0.25, -0.2) is 0 Å². The second-order valence-corrected chi connectivity index (χ2v) is 10.7. The Hall–Kier alpha value is -2.62. The lowest BCUT2D eigenvalue weighted by Crippen LogP contribution is -2.47. The summed E-state index contributed by atoms with van der Waals surface area (Å²) >= 11 is 3.78. The van der Waals surface area contributed by atoms with Crippen molar-refractivity contribution in [2.45, 2.75) is 38.1 Å². The number of nitrogens with one attached hydrogen (secondary N) is 1. The minimum Gasteiger partial charge on any atom is -0.368 e. The number of hydrogen-bond acceptors (Lipinski definition) is 4. The predicted molar refractivity (Wildman–Crippen MR) is 130 cm³/mol. The smallest absolute Gasteiger partial charge is 0.195 e. The standard InChI is InChI=1S/C26H25BrN4O/c1-26(2)19-13-22(31-9-7-30(8-10-31)16-4-5-16)20(27)12-18(19)24(32)23-17-6-3-15(14-28)11-21(17)29-25(23)26/h3,6,11-13,16,29H,4-5,7-10H2,1-2H3. The van der Waals surface area contributed by atoms with Gasteiger partial charge in [-0.1, -0.05) is 19.9 Å². The van der Waals surface area contributed by atoms with Crippen molar-refractivity contribution < 1.29 is 4.79 Å². The topological polar surface area (TPSA) is 63.1 Å². The number of anilines is 1. The normalized spacial score (nSPS) is 20.2. The molecule has 2 aliphatic carbocycles. The molecule has 0 amide bonds. The van der Waals surface area contributed by atoms with Gasteiger partial charge < -0.3 is 9.88 Å². The van der Waals surface area contributed by atoms with E-state index in [1.165, 1.54) is 18.5 Å². The van der Waals surface area contributed by atoms with E-state index in [-0.39, 0.29) is 11.2 Å². The number of H-pyrrole nitrogens is 1. The molecule has 1 aromatic heterocycles. The van der Waals surface area contributed by atoms with Crippen LogP contribution in [0, 0.1) is 11.3 Å². The van der Waals surface area contributed by atoms with E-state index in [1.54, 1.807) is 6.07 Å². The van der Waals surface area contributed by atoms with E-state index >= 15 is 0 Å². The maximum absolute atomic E-state index is 13.7. The zero-order valence-corrected chi connectivity index (χ0v) is 19.9. The number of fused-ring (bicyclic) bond motifs is 4. The third-order valence-electron chi connectivity index (χ3n) is 7.50. The Bertz CT molecular complexity index is 1320. The van der Waals surface area contributed by atoms with Gasteiger partial charge in [0.15, 0.2) is 5.78 Å². The molecule has 1 N–H and O–H groups in total. The van der Waals surface area contributed by atoms with Crippen molar-refractivity contribution in [3.8, 4) is 6.07 Å². The molecule has 6 rings (SSSR count). The number of rotatable bonds is 2. The molecule has 0 atom stereocenters. The highest BCUT2D eigenvalue weighted by Gasteiger charge is 2.41. The van der Waals surface area contributed by atoms with Crippen molar-refractivity contribution in [2.24, 2.45) is 0 Å². The second-order valence-electron chi connectivity index (χ2n) is 9.80. The molecule has 6 heteroatoms. The summed E-state index contributed by atoms with van der Waals surface area (Å²) in [4.78, 5) is 22.2. The van der Waals surface area contributed by atoms with Crippen LogP contribution in [0.4, 0.5) is 5.69 Å². The number of ketones is 1. The van der Waals surface area contributed by atoms with Crippen LogP contribution in [0.2, 0.25) is 0 Å². The van der Waals surface area contributed by atoms with Crippen LogP contribution in [0.15, 0.2) is 34.8 Å². The molecule has 0 unspecified atom stereocenters. The number of aromatic nitrogens is 1. The molecule has 0 bridgehead atoms. The first-order chi connectivity index (χ1) is 15.4. The third-order valence-corrected chi connectivity index (χ3v) is 8.14. The number of hydrogen-bond donors (Lipinski definition) is 1. The van der Waals surface area contributed by atoms with Crippen molar-refractivity contribution in [1.82, 2.24) is 9.88 Å². The lowest BCUT2D eigenvalue weighted by molar-refractivity contribution is 0.103. The number of nitrogens with zero attached hydrogens (tertiary/aromatic N) is 3. The lowest BCUT2D eigenvalue weighted by atomic mass is 9.71. The van der Waals surface area contributed by atoms with Gasteiger partial charge in [-0.3, -0.25) is 9.69 Å². The zero-order valence-electron chi connectivity index (χ0n) is 18.3. The highest BCUT2D eigenvalue weighted by atomic mass is 79.9. The number of carbonyl (C=O) groups is 1. The first-order valence-corrected chi connectivity index (χ1v) is 12.1. The van der Waals surface area contributed by atoms with Gasteiger partial charge in [0, 0.05) is 64.3 Å². The summed E-state index contributed by atoms with van der Waals surface area (Å²) in [5.74, 6) is 0.0519. The predicted octanol–water partition coefficient (Wildman–Crippen LogP) is 4.96. The van der Waals surface area contributed by atoms with Crippen LogP contribution in [-0.2, 0) is 5.41 Å². The van der Waals surface area contributed by atoms with E-state index < -0.39 is 0 Å². The van der Waals surface area contributed by atoms with E-state index in [9.17, 15) is 10.1 Å². The zero-order chi connectivity index (χ0) is 22.2. The molecule has 0 radical (unpaired) electrons. The molecular weight excluding hydrogens is 464 g/mol. The van der Waals surface area contributed by atoms with Crippen LogP contribution >= 0.6 is 15.9 Å². The molecule has 3 aromatic rings. The average molecular weight is 489 g/mol. The number of carbonyl (C=O) groups excluding carboxylic acids is 1. The number of benzene rings is 2. The summed E-state index contributed by atoms with van der Waals surface area (Å²) in [6.07, 6.45) is 2.70. The molecule has 5 nitrogen and oxygen atoms in total. The summed E-state index contributed by atoms with van der Waals surface area (Å²) < 4.78 is 0.982. The Balaban J connectivity index is 1.44. The van der Waals surface area contributed by atoms with Gasteiger partial charge >= 0.3 is 0 Å². The Morgan fingerprint density at radius 1 is 1.12 bits per heavy atom. The van der Waals surface area contributed by atoms with Gasteiger partial charge in [0.25, 0.3) is 0 Å².